The second-order valence-electron chi connectivity index (χ2n) is 4.76. The number of hydrogen-bond acceptors (Lipinski definition) is 4. The molecule has 0 spiro atoms. The average Bonchev–Trinajstić information content (AvgIpc) is 2.78. The molecule has 20 heavy (non-hydrogen) atoms. The van der Waals surface area contributed by atoms with Crippen molar-refractivity contribution in [2.45, 2.75) is 31.0 Å². The summed E-state index contributed by atoms with van der Waals surface area (Å²) in [6.45, 7) is 0. The summed E-state index contributed by atoms with van der Waals surface area (Å²) in [6.07, 6.45) is -7.14. The lowest BCUT2D eigenvalue weighted by molar-refractivity contribution is -0.204. The van der Waals surface area contributed by atoms with Crippen molar-refractivity contribution < 1.29 is 22.8 Å². The second-order valence-corrected chi connectivity index (χ2v) is 4.76. The van der Waals surface area contributed by atoms with Gasteiger partial charge in [-0.15, -0.1) is 0 Å². The van der Waals surface area contributed by atoms with Crippen LogP contribution in [0.5, 0.6) is 0 Å². The topological polar surface area (TPSA) is 59.2 Å². The number of aliphatic hydroxyl groups excluding tert-OH is 1. The minimum Gasteiger partial charge on any atom is -0.383 e. The highest BCUT2D eigenvalue weighted by Gasteiger charge is 2.40. The number of rotatable bonds is 3. The van der Waals surface area contributed by atoms with Crippen molar-refractivity contribution in [2.75, 3.05) is 0 Å². The highest BCUT2D eigenvalue weighted by atomic mass is 19.4. The van der Waals surface area contributed by atoms with E-state index in [2.05, 4.69) is 10.1 Å². The van der Waals surface area contributed by atoms with Crippen LogP contribution in [0.2, 0.25) is 0 Å². The molecule has 0 saturated carbocycles. The molecule has 1 aromatic carbocycles. The number of halogens is 3. The van der Waals surface area contributed by atoms with Crippen LogP contribution in [0.25, 0.3) is 0 Å². The first-order valence-corrected chi connectivity index (χ1v) is 6.10. The molecule has 106 valence electrons. The van der Waals surface area contributed by atoms with Crippen LogP contribution in [0.4, 0.5) is 13.2 Å². The van der Waals surface area contributed by atoms with Gasteiger partial charge in [-0.05, 0) is 17.5 Å². The van der Waals surface area contributed by atoms with E-state index in [4.69, 9.17) is 9.63 Å². The molecule has 0 bridgehead atoms. The van der Waals surface area contributed by atoms with Gasteiger partial charge in [0, 0.05) is 0 Å². The zero-order valence-corrected chi connectivity index (χ0v) is 10.3. The lowest BCUT2D eigenvalue weighted by Gasteiger charge is -2.27. The van der Waals surface area contributed by atoms with Crippen LogP contribution >= 0.6 is 0 Å². The largest absolute Gasteiger partial charge is 0.414 e. The molecular weight excluding hydrogens is 273 g/mol. The summed E-state index contributed by atoms with van der Waals surface area (Å²) in [7, 11) is 0. The molecule has 0 saturated heterocycles. The van der Waals surface area contributed by atoms with Crippen molar-refractivity contribution in [2.24, 2.45) is 0 Å². The average molecular weight is 284 g/mol. The van der Waals surface area contributed by atoms with Gasteiger partial charge >= 0.3 is 6.18 Å². The van der Waals surface area contributed by atoms with E-state index in [0.717, 1.165) is 12.0 Å². The minimum atomic E-state index is -4.68. The van der Waals surface area contributed by atoms with Crippen molar-refractivity contribution in [3.05, 3.63) is 47.1 Å². The number of fused-ring (bicyclic) bond motifs is 1. The van der Waals surface area contributed by atoms with Crippen LogP contribution in [-0.4, -0.2) is 27.5 Å². The van der Waals surface area contributed by atoms with Crippen molar-refractivity contribution >= 4 is 0 Å². The first-order chi connectivity index (χ1) is 9.45. The van der Waals surface area contributed by atoms with Crippen molar-refractivity contribution in [1.29, 1.82) is 0 Å². The van der Waals surface area contributed by atoms with E-state index in [1.54, 1.807) is 0 Å². The molecule has 1 aliphatic carbocycles. The Hall–Kier alpha value is -1.89. The third-order valence-corrected chi connectivity index (χ3v) is 3.40. The van der Waals surface area contributed by atoms with Crippen molar-refractivity contribution in [3.8, 4) is 0 Å². The maximum atomic E-state index is 12.2. The van der Waals surface area contributed by atoms with E-state index in [0.29, 0.717) is 5.82 Å². The maximum absolute atomic E-state index is 12.2. The van der Waals surface area contributed by atoms with Gasteiger partial charge in [0.25, 0.3) is 0 Å². The molecule has 0 amide bonds. The van der Waals surface area contributed by atoms with Crippen molar-refractivity contribution in [3.63, 3.8) is 0 Å². The molecule has 0 aliphatic heterocycles. The molecule has 0 radical (unpaired) electrons. The lowest BCUT2D eigenvalue weighted by Crippen LogP contribution is -2.30. The van der Waals surface area contributed by atoms with Crippen LogP contribution in [0.15, 0.2) is 28.8 Å². The Morgan fingerprint density at radius 3 is 2.80 bits per heavy atom. The van der Waals surface area contributed by atoms with Crippen LogP contribution in [0.3, 0.4) is 0 Å². The number of alkyl halides is 3. The summed E-state index contributed by atoms with van der Waals surface area (Å²) in [5.74, 6) is 0.133. The molecule has 1 N–H and O–H groups in total. The summed E-state index contributed by atoms with van der Waals surface area (Å²) in [6, 6.07) is 7.74. The van der Waals surface area contributed by atoms with Gasteiger partial charge in [-0.3, -0.25) is 0 Å². The molecule has 1 heterocycles. The fourth-order valence-electron chi connectivity index (χ4n) is 2.26. The maximum Gasteiger partial charge on any atom is 0.414 e. The zero-order chi connectivity index (χ0) is 14.3. The fourth-order valence-corrected chi connectivity index (χ4v) is 2.26. The second kappa shape index (κ2) is 4.59. The van der Waals surface area contributed by atoms with Crippen LogP contribution in [0, 0.1) is 0 Å². The molecule has 1 aliphatic rings. The quantitative estimate of drug-likeness (QED) is 0.939. The molecule has 4 nitrogen and oxygen atoms in total. The molecule has 3 rings (SSSR count). The third-order valence-electron chi connectivity index (χ3n) is 3.40. The molecule has 0 fully saturated rings. The molecule has 7 heteroatoms. The first-order valence-electron chi connectivity index (χ1n) is 6.10. The minimum absolute atomic E-state index is 0.0354. The fraction of sp³-hybridized carbons (Fsp3) is 0.385. The van der Waals surface area contributed by atoms with Gasteiger partial charge in [0.2, 0.25) is 5.89 Å². The lowest BCUT2D eigenvalue weighted by atomic mass is 9.77. The van der Waals surface area contributed by atoms with Crippen LogP contribution in [0.1, 0.15) is 28.8 Å². The smallest absolute Gasteiger partial charge is 0.383 e. The highest BCUT2D eigenvalue weighted by molar-refractivity contribution is 5.43. The number of aliphatic hydroxyl groups is 1. The zero-order valence-electron chi connectivity index (χ0n) is 10.3. The van der Waals surface area contributed by atoms with Gasteiger partial charge in [-0.1, -0.05) is 29.4 Å². The Balaban J connectivity index is 1.73. The normalized spacial score (nSPS) is 19.3. The Labute approximate surface area is 112 Å². The number of aromatic nitrogens is 2. The Morgan fingerprint density at radius 2 is 2.10 bits per heavy atom. The van der Waals surface area contributed by atoms with E-state index in [9.17, 15) is 13.2 Å². The van der Waals surface area contributed by atoms with Gasteiger partial charge in [0.05, 0.1) is 12.3 Å². The number of benzene rings is 1. The number of nitrogens with zero attached hydrogens (tertiary/aromatic N) is 2. The first kappa shape index (κ1) is 13.1. The van der Waals surface area contributed by atoms with E-state index in [1.807, 2.05) is 24.3 Å². The molecule has 1 aromatic heterocycles. The van der Waals surface area contributed by atoms with E-state index < -0.39 is 18.7 Å². The van der Waals surface area contributed by atoms with Gasteiger partial charge < -0.3 is 9.63 Å². The molecule has 2 aromatic rings. The summed E-state index contributed by atoms with van der Waals surface area (Å²) < 4.78 is 41.5. The van der Waals surface area contributed by atoms with E-state index >= 15 is 0 Å². The predicted molar refractivity (Wildman–Crippen MR) is 62.1 cm³/mol. The predicted octanol–water partition coefficient (Wildman–Crippen LogP) is 2.22. The van der Waals surface area contributed by atoms with Gasteiger partial charge in [-0.2, -0.15) is 18.2 Å². The molecule has 2 unspecified atom stereocenters. The standard InChI is InChI=1S/C13H11F3N2O2/c14-13(15,16)10(19)6-11-17-12(18-20-11)9-5-7-3-1-2-4-8(7)9/h1-4,9-10,19H,5-6H2. The summed E-state index contributed by atoms with van der Waals surface area (Å²) in [5, 5.41) is 12.7. The third kappa shape index (κ3) is 2.29. The molecular formula is C13H11F3N2O2. The van der Waals surface area contributed by atoms with E-state index in [-0.39, 0.29) is 11.8 Å². The number of hydrogen-bond donors (Lipinski definition) is 1. The van der Waals surface area contributed by atoms with Crippen LogP contribution < -0.4 is 0 Å². The summed E-state index contributed by atoms with van der Waals surface area (Å²) in [5.41, 5.74) is 2.25. The summed E-state index contributed by atoms with van der Waals surface area (Å²) in [4.78, 5) is 3.95. The molecule has 2 atom stereocenters. The van der Waals surface area contributed by atoms with Gasteiger partial charge in [0.1, 0.15) is 0 Å². The van der Waals surface area contributed by atoms with Gasteiger partial charge in [0.15, 0.2) is 11.9 Å². The monoisotopic (exact) mass is 284 g/mol. The SMILES string of the molecule is OC(Cc1nc(C2Cc3ccccc32)no1)C(F)(F)F. The Kier molecular flexibility index (Phi) is 3.01. The Bertz CT molecular complexity index is 624. The van der Waals surface area contributed by atoms with Gasteiger partial charge in [-0.25, -0.2) is 0 Å². The van der Waals surface area contributed by atoms with E-state index in [1.165, 1.54) is 5.56 Å². The summed E-state index contributed by atoms with van der Waals surface area (Å²) >= 11 is 0. The highest BCUT2D eigenvalue weighted by Crippen LogP contribution is 2.38. The Morgan fingerprint density at radius 1 is 1.35 bits per heavy atom. The van der Waals surface area contributed by atoms with Crippen LogP contribution in [-0.2, 0) is 12.8 Å². The van der Waals surface area contributed by atoms with Crippen molar-refractivity contribution in [1.82, 2.24) is 10.1 Å².